The molecule has 2 heterocycles. The first-order valence-corrected chi connectivity index (χ1v) is 10.5. The maximum Gasteiger partial charge on any atom is 0.191 e. The second-order valence-electron chi connectivity index (χ2n) is 7.24. The fourth-order valence-electron chi connectivity index (χ4n) is 3.21. The van der Waals surface area contributed by atoms with Crippen molar-refractivity contribution in [2.45, 2.75) is 59.9 Å². The Morgan fingerprint density at radius 2 is 2.12 bits per heavy atom. The molecular weight excluding hydrogens is 457 g/mol. The van der Waals surface area contributed by atoms with Gasteiger partial charge in [0.2, 0.25) is 0 Å². The molecule has 1 aliphatic heterocycles. The van der Waals surface area contributed by atoms with Crippen molar-refractivity contribution >= 4 is 41.3 Å². The van der Waals surface area contributed by atoms with E-state index in [0.29, 0.717) is 12.0 Å². The molecule has 7 heteroatoms. The van der Waals surface area contributed by atoms with E-state index in [4.69, 9.17) is 4.99 Å². The van der Waals surface area contributed by atoms with E-state index in [-0.39, 0.29) is 24.0 Å². The van der Waals surface area contributed by atoms with Crippen molar-refractivity contribution in [1.82, 2.24) is 20.5 Å². The molecule has 1 fully saturated rings. The topological polar surface area (TPSA) is 52.6 Å². The molecule has 0 radical (unpaired) electrons. The lowest BCUT2D eigenvalue weighted by atomic mass is 9.97. The molecule has 0 amide bonds. The minimum atomic E-state index is 0. The Labute approximate surface area is 180 Å². The zero-order valence-corrected chi connectivity index (χ0v) is 20.1. The van der Waals surface area contributed by atoms with Crippen molar-refractivity contribution < 1.29 is 0 Å². The normalized spacial score (nSPS) is 18.7. The smallest absolute Gasteiger partial charge is 0.191 e. The van der Waals surface area contributed by atoms with Crippen LogP contribution in [0, 0.1) is 19.8 Å². The van der Waals surface area contributed by atoms with Crippen LogP contribution >= 0.6 is 35.3 Å². The molecule has 5 nitrogen and oxygen atoms in total. The van der Waals surface area contributed by atoms with Crippen LogP contribution in [-0.4, -0.2) is 54.6 Å². The van der Waals surface area contributed by atoms with Gasteiger partial charge in [0.25, 0.3) is 0 Å². The number of guanidine groups is 1. The molecule has 0 bridgehead atoms. The van der Waals surface area contributed by atoms with Crippen molar-refractivity contribution in [3.63, 3.8) is 0 Å². The Morgan fingerprint density at radius 3 is 2.73 bits per heavy atom. The average Bonchev–Trinajstić information content (AvgIpc) is 2.91. The van der Waals surface area contributed by atoms with Gasteiger partial charge in [-0.05, 0) is 59.9 Å². The number of nitrogens with one attached hydrogen (secondary N) is 2. The lowest BCUT2D eigenvalue weighted by Gasteiger charge is -2.34. The first kappa shape index (κ1) is 23.6. The largest absolute Gasteiger partial charge is 0.357 e. The van der Waals surface area contributed by atoms with Gasteiger partial charge in [-0.25, -0.2) is 4.98 Å². The molecule has 2 N–H and O–H groups in total. The predicted octanol–water partition coefficient (Wildman–Crippen LogP) is 3.60. The molecule has 1 aromatic rings. The molecule has 1 aliphatic rings. The van der Waals surface area contributed by atoms with Gasteiger partial charge >= 0.3 is 0 Å². The van der Waals surface area contributed by atoms with Crippen LogP contribution in [0.4, 0.5) is 0 Å². The van der Waals surface area contributed by atoms with Gasteiger partial charge in [-0.3, -0.25) is 4.99 Å². The number of halogens is 1. The lowest BCUT2D eigenvalue weighted by Crippen LogP contribution is -2.42. The van der Waals surface area contributed by atoms with Gasteiger partial charge in [0, 0.05) is 43.5 Å². The summed E-state index contributed by atoms with van der Waals surface area (Å²) < 4.78 is 0. The van der Waals surface area contributed by atoms with E-state index in [2.05, 4.69) is 55.1 Å². The number of likely N-dealkylation sites (tertiary alicyclic amines) is 1. The third-order valence-electron chi connectivity index (χ3n) is 4.84. The molecule has 1 saturated heterocycles. The third kappa shape index (κ3) is 7.68. The summed E-state index contributed by atoms with van der Waals surface area (Å²) in [5, 5.41) is 8.04. The Morgan fingerprint density at radius 1 is 1.35 bits per heavy atom. The van der Waals surface area contributed by atoms with E-state index in [1.807, 2.05) is 0 Å². The quantitative estimate of drug-likeness (QED) is 0.346. The van der Waals surface area contributed by atoms with Crippen LogP contribution in [-0.2, 0) is 6.42 Å². The van der Waals surface area contributed by atoms with Crippen LogP contribution in [0.15, 0.2) is 4.99 Å². The summed E-state index contributed by atoms with van der Waals surface area (Å²) in [5.41, 5.74) is 1.16. The van der Waals surface area contributed by atoms with Gasteiger partial charge < -0.3 is 15.5 Å². The summed E-state index contributed by atoms with van der Waals surface area (Å²) in [6.45, 7) is 16.0. The van der Waals surface area contributed by atoms with Crippen molar-refractivity contribution in [2.24, 2.45) is 10.9 Å². The van der Waals surface area contributed by atoms with Crippen molar-refractivity contribution in [2.75, 3.05) is 32.7 Å². The summed E-state index contributed by atoms with van der Waals surface area (Å²) >= 11 is 1.80. The van der Waals surface area contributed by atoms with Crippen LogP contribution < -0.4 is 10.6 Å². The molecule has 1 atom stereocenters. The molecule has 150 valence electrons. The van der Waals surface area contributed by atoms with Crippen molar-refractivity contribution in [1.29, 1.82) is 0 Å². The van der Waals surface area contributed by atoms with Gasteiger partial charge in [-0.1, -0.05) is 0 Å². The van der Waals surface area contributed by atoms with E-state index in [0.717, 1.165) is 37.7 Å². The molecule has 0 aromatic carbocycles. The first-order valence-electron chi connectivity index (χ1n) is 9.68. The van der Waals surface area contributed by atoms with E-state index in [9.17, 15) is 0 Å². The van der Waals surface area contributed by atoms with Gasteiger partial charge in [0.1, 0.15) is 0 Å². The molecule has 0 saturated carbocycles. The summed E-state index contributed by atoms with van der Waals surface area (Å²) in [4.78, 5) is 13.3. The Balaban J connectivity index is 0.00000338. The Bertz CT molecular complexity index is 539. The zero-order chi connectivity index (χ0) is 18.2. The Hall–Kier alpha value is -0.410. The molecule has 26 heavy (non-hydrogen) atoms. The van der Waals surface area contributed by atoms with Crippen molar-refractivity contribution in [3.05, 3.63) is 15.6 Å². The minimum Gasteiger partial charge on any atom is -0.357 e. The highest BCUT2D eigenvalue weighted by Crippen LogP contribution is 2.19. The summed E-state index contributed by atoms with van der Waals surface area (Å²) in [6.07, 6.45) is 3.54. The van der Waals surface area contributed by atoms with E-state index in [1.165, 1.54) is 35.8 Å². The molecule has 2 rings (SSSR count). The maximum atomic E-state index is 4.84. The molecule has 1 unspecified atom stereocenters. The number of rotatable bonds is 7. The third-order valence-corrected chi connectivity index (χ3v) is 5.97. The van der Waals surface area contributed by atoms with Crippen LogP contribution in [0.2, 0.25) is 0 Å². The molecule has 1 aromatic heterocycles. The fraction of sp³-hybridized carbons (Fsp3) is 0.789. The maximum absolute atomic E-state index is 4.84. The molecule has 0 aliphatic carbocycles. The standard InChI is InChI=1S/C19H35N5S.HI/c1-6-20-19(21-10-9-18-23-15(4)16(5)25-18)22-12-17-8-7-11-24(13-17)14(2)3;/h14,17H,6-13H2,1-5H3,(H2,20,21,22);1H. The highest BCUT2D eigenvalue weighted by Gasteiger charge is 2.21. The SMILES string of the molecule is CCNC(=NCC1CCCN(C(C)C)C1)NCCc1nc(C)c(C)s1.I. The van der Waals surface area contributed by atoms with Crippen molar-refractivity contribution in [3.8, 4) is 0 Å². The number of aryl methyl sites for hydroxylation is 2. The van der Waals surface area contributed by atoms with Gasteiger partial charge in [-0.15, -0.1) is 35.3 Å². The van der Waals surface area contributed by atoms with Crippen LogP contribution in [0.3, 0.4) is 0 Å². The van der Waals surface area contributed by atoms with Gasteiger partial charge in [0.05, 0.1) is 10.7 Å². The van der Waals surface area contributed by atoms with Crippen LogP contribution in [0.25, 0.3) is 0 Å². The monoisotopic (exact) mass is 493 g/mol. The lowest BCUT2D eigenvalue weighted by molar-refractivity contribution is 0.143. The number of aromatic nitrogens is 1. The number of piperidine rings is 1. The second-order valence-corrected chi connectivity index (χ2v) is 8.53. The zero-order valence-electron chi connectivity index (χ0n) is 17.0. The van der Waals surface area contributed by atoms with Crippen LogP contribution in [0.5, 0.6) is 0 Å². The first-order chi connectivity index (χ1) is 12.0. The highest BCUT2D eigenvalue weighted by atomic mass is 127. The summed E-state index contributed by atoms with van der Waals surface area (Å²) in [5.74, 6) is 1.62. The fourth-order valence-corrected chi connectivity index (χ4v) is 4.14. The summed E-state index contributed by atoms with van der Waals surface area (Å²) in [7, 11) is 0. The molecular formula is C19H36IN5S. The van der Waals surface area contributed by atoms with E-state index >= 15 is 0 Å². The minimum absolute atomic E-state index is 0. The number of thiazole rings is 1. The number of aliphatic imine (C=N–C) groups is 1. The predicted molar refractivity (Wildman–Crippen MR) is 124 cm³/mol. The van der Waals surface area contributed by atoms with Gasteiger partial charge in [-0.2, -0.15) is 0 Å². The number of hydrogen-bond donors (Lipinski definition) is 2. The second kappa shape index (κ2) is 12.1. The van der Waals surface area contributed by atoms with E-state index in [1.54, 1.807) is 11.3 Å². The molecule has 0 spiro atoms. The average molecular weight is 494 g/mol. The van der Waals surface area contributed by atoms with Crippen LogP contribution in [0.1, 0.15) is 49.2 Å². The Kier molecular flexibility index (Phi) is 11.0. The van der Waals surface area contributed by atoms with E-state index < -0.39 is 0 Å². The number of hydrogen-bond acceptors (Lipinski definition) is 4. The number of nitrogens with zero attached hydrogens (tertiary/aromatic N) is 3. The highest BCUT2D eigenvalue weighted by molar-refractivity contribution is 14.0. The van der Waals surface area contributed by atoms with Gasteiger partial charge in [0.15, 0.2) is 5.96 Å². The summed E-state index contributed by atoms with van der Waals surface area (Å²) in [6, 6.07) is 0.642.